The fourth-order valence-electron chi connectivity index (χ4n) is 9.21. The first-order valence-electron chi connectivity index (χ1n) is 26.5. The molecule has 0 amide bonds. The molecule has 4 nitrogen and oxygen atoms in total. The molecule has 2 rings (SSSR count). The number of unbranched alkanes of at least 4 members (excludes halogenated alkanes) is 35. The van der Waals surface area contributed by atoms with Gasteiger partial charge in [-0.15, -0.1) is 6.08 Å². The quantitative estimate of drug-likeness (QED) is 0.0366. The molecule has 2 aliphatic heterocycles. The van der Waals surface area contributed by atoms with E-state index in [0.717, 1.165) is 19.6 Å². The summed E-state index contributed by atoms with van der Waals surface area (Å²) in [6.07, 6.45) is 70.3. The van der Waals surface area contributed by atoms with Crippen LogP contribution < -0.4 is 11.5 Å². The van der Waals surface area contributed by atoms with Gasteiger partial charge in [-0.25, -0.2) is 0 Å². The molecular formula is C54H102N4. The summed E-state index contributed by atoms with van der Waals surface area (Å²) in [7, 11) is 0. The highest BCUT2D eigenvalue weighted by molar-refractivity contribution is 5.67. The van der Waals surface area contributed by atoms with Crippen LogP contribution >= 0.6 is 0 Å². The number of allylic oxidation sites excluding steroid dienone is 3. The van der Waals surface area contributed by atoms with Gasteiger partial charge in [-0.05, 0) is 63.1 Å². The first kappa shape index (κ1) is 52.6. The maximum Gasteiger partial charge on any atom is 0.115 e. The van der Waals surface area contributed by atoms with Crippen LogP contribution in [0.1, 0.15) is 257 Å². The van der Waals surface area contributed by atoms with Crippen LogP contribution in [0.25, 0.3) is 0 Å². The summed E-state index contributed by atoms with van der Waals surface area (Å²) in [5.41, 5.74) is 12.7. The van der Waals surface area contributed by atoms with Gasteiger partial charge in [-0.3, -0.25) is 0 Å². The first-order valence-corrected chi connectivity index (χ1v) is 26.5. The van der Waals surface area contributed by atoms with Crippen molar-refractivity contribution in [3.63, 3.8) is 0 Å². The topological polar surface area (TPSA) is 58.3 Å². The van der Waals surface area contributed by atoms with E-state index in [1.54, 1.807) is 5.57 Å². The second-order valence-electron chi connectivity index (χ2n) is 18.7. The number of hydrogen-bond donors (Lipinski definition) is 2. The molecule has 2 heterocycles. The van der Waals surface area contributed by atoms with E-state index in [9.17, 15) is 0 Å². The van der Waals surface area contributed by atoms with Crippen molar-refractivity contribution in [1.82, 2.24) is 4.90 Å². The number of rotatable bonds is 45. The van der Waals surface area contributed by atoms with Crippen molar-refractivity contribution in [3.8, 4) is 0 Å². The van der Waals surface area contributed by atoms with Gasteiger partial charge in [0.15, 0.2) is 0 Å². The Morgan fingerprint density at radius 1 is 0.483 bits per heavy atom. The van der Waals surface area contributed by atoms with Crippen LogP contribution in [0.15, 0.2) is 36.1 Å². The zero-order chi connectivity index (χ0) is 41.1. The van der Waals surface area contributed by atoms with Gasteiger partial charge in [0.25, 0.3) is 0 Å². The van der Waals surface area contributed by atoms with Crippen molar-refractivity contribution in [2.24, 2.45) is 17.4 Å². The predicted molar refractivity (Wildman–Crippen MR) is 260 cm³/mol. The Balaban J connectivity index is 1.29. The molecule has 0 radical (unpaired) electrons. The molecule has 1 unspecified atom stereocenters. The third-order valence-electron chi connectivity index (χ3n) is 13.1. The lowest BCUT2D eigenvalue weighted by molar-refractivity contribution is -0.489. The van der Waals surface area contributed by atoms with E-state index in [-0.39, 0.29) is 0 Å². The zero-order valence-corrected chi connectivity index (χ0v) is 39.0. The van der Waals surface area contributed by atoms with E-state index >= 15 is 0 Å². The first-order chi connectivity index (χ1) is 28.8. The number of nitrogens with two attached hydrogens (primary N) is 2. The SMILES string of the molecule is NCCCCCCCCCCCCCCCCN1C=C(CCCCCCCCCCCCC2C=CC=[N+](CCCCCCCCCCCCCCCCN)[CH-]2)C=CC1. The molecule has 2 aliphatic rings. The molecular weight excluding hydrogens is 705 g/mol. The van der Waals surface area contributed by atoms with Crippen LogP contribution in [0.3, 0.4) is 0 Å². The normalized spacial score (nSPS) is 15.3. The Morgan fingerprint density at radius 2 is 0.879 bits per heavy atom. The molecule has 0 saturated heterocycles. The summed E-state index contributed by atoms with van der Waals surface area (Å²) in [6.45, 7) is 7.80. The smallest absolute Gasteiger partial charge is 0.115 e. The van der Waals surface area contributed by atoms with Crippen molar-refractivity contribution in [2.75, 3.05) is 32.7 Å². The van der Waals surface area contributed by atoms with Crippen LogP contribution in [0.2, 0.25) is 0 Å². The molecule has 0 bridgehead atoms. The van der Waals surface area contributed by atoms with Crippen molar-refractivity contribution in [1.29, 1.82) is 0 Å². The highest BCUT2D eigenvalue weighted by atomic mass is 15.1. The van der Waals surface area contributed by atoms with Crippen LogP contribution in [0.4, 0.5) is 0 Å². The number of nitrogens with zero attached hydrogens (tertiary/aromatic N) is 2. The van der Waals surface area contributed by atoms with E-state index < -0.39 is 0 Å². The Hall–Kier alpha value is -1.52. The molecule has 0 fully saturated rings. The standard InChI is InChI=1S/C54H102N4/c55-45-35-29-23-17-11-5-1-3-7-13-19-25-31-37-47-57-49-39-43-53(51-57)41-33-27-21-15-9-10-16-22-28-34-42-54-44-40-50-58(52-54)48-38-32-26-20-14-8-4-2-6-12-18-24-30-36-46-56/h39-40,43-44,49,51-53H,1-38,41-42,45-48,50,55-56H2. The average Bonchev–Trinajstić information content (AvgIpc) is 3.24. The highest BCUT2D eigenvalue weighted by Crippen LogP contribution is 2.21. The van der Waals surface area contributed by atoms with Crippen molar-refractivity contribution in [2.45, 2.75) is 257 Å². The molecule has 0 aromatic heterocycles. The van der Waals surface area contributed by atoms with Crippen LogP contribution in [0.5, 0.6) is 0 Å². The number of hydrogen-bond acceptors (Lipinski definition) is 3. The molecule has 0 saturated carbocycles. The summed E-state index contributed by atoms with van der Waals surface area (Å²) in [6, 6.07) is 0. The summed E-state index contributed by atoms with van der Waals surface area (Å²) < 4.78 is 2.49. The zero-order valence-electron chi connectivity index (χ0n) is 39.0. The third kappa shape index (κ3) is 34.2. The molecule has 338 valence electrons. The van der Waals surface area contributed by atoms with Crippen LogP contribution in [0, 0.1) is 12.5 Å². The Labute approximate surface area is 364 Å². The van der Waals surface area contributed by atoms with E-state index in [1.807, 2.05) is 0 Å². The third-order valence-corrected chi connectivity index (χ3v) is 13.1. The second-order valence-corrected chi connectivity index (χ2v) is 18.7. The highest BCUT2D eigenvalue weighted by Gasteiger charge is 2.10. The van der Waals surface area contributed by atoms with Crippen molar-refractivity contribution >= 4 is 6.21 Å². The van der Waals surface area contributed by atoms with Gasteiger partial charge >= 0.3 is 0 Å². The van der Waals surface area contributed by atoms with Crippen LogP contribution in [-0.4, -0.2) is 48.4 Å². The minimum absolute atomic E-state index is 0.649. The van der Waals surface area contributed by atoms with Crippen molar-refractivity contribution in [3.05, 3.63) is 42.6 Å². The molecule has 58 heavy (non-hydrogen) atoms. The Bertz CT molecular complexity index is 982. The summed E-state index contributed by atoms with van der Waals surface area (Å²) in [5, 5.41) is 0. The molecule has 0 spiro atoms. The lowest BCUT2D eigenvalue weighted by Crippen LogP contribution is -2.21. The monoisotopic (exact) mass is 807 g/mol. The van der Waals surface area contributed by atoms with Gasteiger partial charge in [-0.2, -0.15) is 0 Å². The van der Waals surface area contributed by atoms with Gasteiger partial charge in [0, 0.05) is 38.5 Å². The summed E-state index contributed by atoms with van der Waals surface area (Å²) in [4.78, 5) is 2.57. The van der Waals surface area contributed by atoms with Gasteiger partial charge in [0.05, 0.1) is 0 Å². The minimum Gasteiger partial charge on any atom is -0.373 e. The molecule has 0 aliphatic carbocycles. The van der Waals surface area contributed by atoms with Gasteiger partial charge < -0.3 is 20.9 Å². The van der Waals surface area contributed by atoms with E-state index in [1.165, 1.54) is 270 Å². The van der Waals surface area contributed by atoms with E-state index in [2.05, 4.69) is 52.7 Å². The van der Waals surface area contributed by atoms with E-state index in [0.29, 0.717) is 5.92 Å². The summed E-state index contributed by atoms with van der Waals surface area (Å²) >= 11 is 0. The molecule has 1 atom stereocenters. The van der Waals surface area contributed by atoms with E-state index in [4.69, 9.17) is 11.5 Å². The Morgan fingerprint density at radius 3 is 1.34 bits per heavy atom. The summed E-state index contributed by atoms with van der Waals surface area (Å²) in [5.74, 6) is 0.649. The molecule has 0 aromatic rings. The largest absolute Gasteiger partial charge is 0.373 e. The fraction of sp³-hybridized carbons (Fsp3) is 0.852. The maximum atomic E-state index is 5.58. The lowest BCUT2D eigenvalue weighted by atomic mass is 9.97. The molecule has 4 heteroatoms. The van der Waals surface area contributed by atoms with Gasteiger partial charge in [0.1, 0.15) is 6.54 Å². The van der Waals surface area contributed by atoms with Gasteiger partial charge in [-0.1, -0.05) is 230 Å². The Kier molecular flexibility index (Phi) is 38.3. The van der Waals surface area contributed by atoms with Crippen molar-refractivity contribution < 1.29 is 4.58 Å². The predicted octanol–water partition coefficient (Wildman–Crippen LogP) is 15.7. The average molecular weight is 807 g/mol. The fourth-order valence-corrected chi connectivity index (χ4v) is 9.21. The minimum atomic E-state index is 0.649. The maximum absolute atomic E-state index is 5.58. The van der Waals surface area contributed by atoms with Crippen LogP contribution in [-0.2, 0) is 0 Å². The molecule has 4 N–H and O–H groups in total. The molecule has 0 aromatic carbocycles. The van der Waals surface area contributed by atoms with Gasteiger partial charge in [0.2, 0.25) is 0 Å². The lowest BCUT2D eigenvalue weighted by Gasteiger charge is -2.23. The second kappa shape index (κ2) is 42.2.